The molecule has 3 aromatic rings. The number of benzene rings is 2. The van der Waals surface area contributed by atoms with Crippen LogP contribution < -0.4 is 15.0 Å². The van der Waals surface area contributed by atoms with Gasteiger partial charge < -0.3 is 24.3 Å². The van der Waals surface area contributed by atoms with Crippen LogP contribution in [0.3, 0.4) is 0 Å². The Hall–Kier alpha value is -2.99. The van der Waals surface area contributed by atoms with Gasteiger partial charge in [0.2, 0.25) is 0 Å². The molecule has 2 aromatic carbocycles. The van der Waals surface area contributed by atoms with Gasteiger partial charge in [-0.1, -0.05) is 18.2 Å². The van der Waals surface area contributed by atoms with E-state index in [1.165, 1.54) is 0 Å². The number of nitrogens with zero attached hydrogens (tertiary/aromatic N) is 2. The average molecular weight is 365 g/mol. The molecule has 0 fully saturated rings. The van der Waals surface area contributed by atoms with Gasteiger partial charge >= 0.3 is 0 Å². The molecule has 6 heteroatoms. The first-order valence-corrected chi connectivity index (χ1v) is 8.97. The number of furan rings is 1. The Bertz CT molecular complexity index is 994. The first-order valence-electron chi connectivity index (χ1n) is 8.97. The van der Waals surface area contributed by atoms with Crippen molar-refractivity contribution in [3.05, 3.63) is 53.8 Å². The molecule has 1 aliphatic rings. The van der Waals surface area contributed by atoms with Crippen molar-refractivity contribution in [3.8, 4) is 5.75 Å². The maximum Gasteiger partial charge on any atom is 0.291 e. The third-order valence-corrected chi connectivity index (χ3v) is 4.69. The second-order valence-corrected chi connectivity index (χ2v) is 7.05. The number of hydrogen-bond acceptors (Lipinski definition) is 5. The molecule has 27 heavy (non-hydrogen) atoms. The molecule has 0 unspecified atom stereocenters. The standard InChI is InChI=1S/C21H23N3O3/c1-23(2)13-16-15-6-4-5-7-18(15)27-20(16)21(25)22-14-8-9-19-17(12-14)24(3)10-11-26-19/h4-9,12H,10-11,13H2,1-3H3,(H,22,25). The van der Waals surface area contributed by atoms with Crippen LogP contribution in [-0.4, -0.2) is 45.1 Å². The lowest BCUT2D eigenvalue weighted by molar-refractivity contribution is 0.0996. The molecule has 0 bridgehead atoms. The minimum Gasteiger partial charge on any atom is -0.490 e. The maximum absolute atomic E-state index is 13.0. The summed E-state index contributed by atoms with van der Waals surface area (Å²) in [5, 5.41) is 3.94. The van der Waals surface area contributed by atoms with Gasteiger partial charge in [-0.05, 0) is 38.4 Å². The molecule has 140 valence electrons. The van der Waals surface area contributed by atoms with E-state index in [1.807, 2.05) is 68.5 Å². The van der Waals surface area contributed by atoms with Crippen LogP contribution in [0.5, 0.6) is 5.75 Å². The summed E-state index contributed by atoms with van der Waals surface area (Å²) in [7, 11) is 5.97. The van der Waals surface area contributed by atoms with Crippen molar-refractivity contribution in [1.82, 2.24) is 4.90 Å². The number of likely N-dealkylation sites (N-methyl/N-ethyl adjacent to an activating group) is 1. The summed E-state index contributed by atoms with van der Waals surface area (Å²) < 4.78 is 11.6. The molecule has 0 spiro atoms. The van der Waals surface area contributed by atoms with E-state index < -0.39 is 0 Å². The molecule has 0 saturated carbocycles. The highest BCUT2D eigenvalue weighted by Gasteiger charge is 2.22. The van der Waals surface area contributed by atoms with Gasteiger partial charge in [-0.3, -0.25) is 4.79 Å². The van der Waals surface area contributed by atoms with Crippen molar-refractivity contribution in [2.24, 2.45) is 0 Å². The summed E-state index contributed by atoms with van der Waals surface area (Å²) in [6, 6.07) is 13.4. The Morgan fingerprint density at radius 1 is 1.22 bits per heavy atom. The fourth-order valence-corrected chi connectivity index (χ4v) is 3.37. The number of fused-ring (bicyclic) bond motifs is 2. The predicted octanol–water partition coefficient (Wildman–Crippen LogP) is 3.58. The number of carbonyl (C=O) groups is 1. The van der Waals surface area contributed by atoms with Gasteiger partial charge in [-0.25, -0.2) is 0 Å². The minimum atomic E-state index is -0.248. The Kier molecular flexibility index (Phi) is 4.49. The maximum atomic E-state index is 13.0. The van der Waals surface area contributed by atoms with Crippen molar-refractivity contribution in [3.63, 3.8) is 0 Å². The molecule has 1 aromatic heterocycles. The minimum absolute atomic E-state index is 0.248. The van der Waals surface area contributed by atoms with E-state index in [9.17, 15) is 4.79 Å². The van der Waals surface area contributed by atoms with E-state index >= 15 is 0 Å². The van der Waals surface area contributed by atoms with Gasteiger partial charge in [0.1, 0.15) is 17.9 Å². The largest absolute Gasteiger partial charge is 0.490 e. The summed E-state index contributed by atoms with van der Waals surface area (Å²) >= 11 is 0. The van der Waals surface area contributed by atoms with Crippen LogP contribution in [0.25, 0.3) is 11.0 Å². The number of rotatable bonds is 4. The third kappa shape index (κ3) is 3.36. The van der Waals surface area contributed by atoms with Crippen molar-refractivity contribution in [2.45, 2.75) is 6.54 Å². The van der Waals surface area contributed by atoms with Crippen LogP contribution >= 0.6 is 0 Å². The van der Waals surface area contributed by atoms with Crippen molar-refractivity contribution in [1.29, 1.82) is 0 Å². The van der Waals surface area contributed by atoms with E-state index in [1.54, 1.807) is 0 Å². The Morgan fingerprint density at radius 3 is 2.85 bits per heavy atom. The zero-order valence-corrected chi connectivity index (χ0v) is 15.8. The van der Waals surface area contributed by atoms with Crippen LogP contribution in [0.1, 0.15) is 16.1 Å². The first-order chi connectivity index (χ1) is 13.0. The summed E-state index contributed by atoms with van der Waals surface area (Å²) in [6.07, 6.45) is 0. The van der Waals surface area contributed by atoms with Crippen molar-refractivity contribution in [2.75, 3.05) is 44.5 Å². The van der Waals surface area contributed by atoms with Crippen LogP contribution in [0.4, 0.5) is 11.4 Å². The smallest absolute Gasteiger partial charge is 0.291 e. The Balaban J connectivity index is 1.66. The third-order valence-electron chi connectivity index (χ3n) is 4.69. The summed E-state index contributed by atoms with van der Waals surface area (Å²) in [6.45, 7) is 2.11. The van der Waals surface area contributed by atoms with Gasteiger partial charge in [0, 0.05) is 30.2 Å². The molecule has 0 radical (unpaired) electrons. The van der Waals surface area contributed by atoms with Gasteiger partial charge in [-0.2, -0.15) is 0 Å². The van der Waals surface area contributed by atoms with E-state index in [0.29, 0.717) is 24.6 Å². The molecule has 0 saturated heterocycles. The number of nitrogens with one attached hydrogen (secondary N) is 1. The monoisotopic (exact) mass is 365 g/mol. The van der Waals surface area contributed by atoms with Crippen molar-refractivity contribution >= 4 is 28.3 Å². The van der Waals surface area contributed by atoms with Gasteiger partial charge in [0.05, 0.1) is 12.2 Å². The lowest BCUT2D eigenvalue weighted by Gasteiger charge is -2.28. The molecule has 0 atom stereocenters. The molecule has 4 rings (SSSR count). The highest BCUT2D eigenvalue weighted by Crippen LogP contribution is 2.34. The van der Waals surface area contributed by atoms with E-state index in [2.05, 4.69) is 10.2 Å². The average Bonchev–Trinajstić information content (AvgIpc) is 3.01. The topological polar surface area (TPSA) is 58.0 Å². The second-order valence-electron chi connectivity index (χ2n) is 7.05. The molecule has 2 heterocycles. The summed E-state index contributed by atoms with van der Waals surface area (Å²) in [4.78, 5) is 17.1. The molecule has 1 amide bonds. The molecular weight excluding hydrogens is 342 g/mol. The Morgan fingerprint density at radius 2 is 2.04 bits per heavy atom. The number of hydrogen-bond donors (Lipinski definition) is 1. The zero-order chi connectivity index (χ0) is 19.0. The van der Waals surface area contributed by atoms with E-state index in [4.69, 9.17) is 9.15 Å². The van der Waals surface area contributed by atoms with E-state index in [-0.39, 0.29) is 5.91 Å². The van der Waals surface area contributed by atoms with Crippen LogP contribution in [0.15, 0.2) is 46.9 Å². The fraction of sp³-hybridized carbons (Fsp3) is 0.286. The molecule has 1 aliphatic heterocycles. The highest BCUT2D eigenvalue weighted by molar-refractivity contribution is 6.06. The van der Waals surface area contributed by atoms with Crippen LogP contribution in [0, 0.1) is 0 Å². The number of anilines is 2. The van der Waals surface area contributed by atoms with Crippen LogP contribution in [0.2, 0.25) is 0 Å². The second kappa shape index (κ2) is 6.96. The lowest BCUT2D eigenvalue weighted by atomic mass is 10.1. The quantitative estimate of drug-likeness (QED) is 0.766. The summed E-state index contributed by atoms with van der Waals surface area (Å²) in [5.74, 6) is 0.938. The van der Waals surface area contributed by atoms with E-state index in [0.717, 1.165) is 34.5 Å². The number of carbonyl (C=O) groups excluding carboxylic acids is 1. The zero-order valence-electron chi connectivity index (χ0n) is 15.8. The van der Waals surface area contributed by atoms with Crippen LogP contribution in [-0.2, 0) is 6.54 Å². The molecule has 0 aliphatic carbocycles. The normalized spacial score (nSPS) is 13.6. The molecular formula is C21H23N3O3. The first kappa shape index (κ1) is 17.4. The SMILES string of the molecule is CN(C)Cc1c(C(=O)Nc2ccc3c(c2)N(C)CCO3)oc2ccccc12. The Labute approximate surface area is 158 Å². The highest BCUT2D eigenvalue weighted by atomic mass is 16.5. The number of ether oxygens (including phenoxy) is 1. The fourth-order valence-electron chi connectivity index (χ4n) is 3.37. The van der Waals surface area contributed by atoms with Crippen molar-refractivity contribution < 1.29 is 13.9 Å². The van der Waals surface area contributed by atoms with Gasteiger partial charge in [0.25, 0.3) is 5.91 Å². The number of amides is 1. The predicted molar refractivity (Wildman–Crippen MR) is 107 cm³/mol. The molecule has 6 nitrogen and oxygen atoms in total. The number of para-hydroxylation sites is 1. The lowest BCUT2D eigenvalue weighted by Crippen LogP contribution is -2.28. The van der Waals surface area contributed by atoms with Gasteiger partial charge in [0.15, 0.2) is 5.76 Å². The molecule has 1 N–H and O–H groups in total. The summed E-state index contributed by atoms with van der Waals surface area (Å²) in [5.41, 5.74) is 3.30. The van der Waals surface area contributed by atoms with Gasteiger partial charge in [-0.15, -0.1) is 0 Å².